The van der Waals surface area contributed by atoms with E-state index in [1.807, 2.05) is 12.1 Å². The normalized spacial score (nSPS) is 13.6. The van der Waals surface area contributed by atoms with Gasteiger partial charge in [0.25, 0.3) is 11.8 Å². The van der Waals surface area contributed by atoms with Crippen LogP contribution in [0.2, 0.25) is 0 Å². The molecule has 5 aromatic carbocycles. The first kappa shape index (κ1) is 24.2. The number of carbonyl (C=O) groups is 4. The van der Waals surface area contributed by atoms with E-state index in [4.69, 9.17) is 0 Å². The lowest BCUT2D eigenvalue weighted by atomic mass is 9.82. The van der Waals surface area contributed by atoms with E-state index in [0.29, 0.717) is 48.4 Å². The second-order valence-corrected chi connectivity index (χ2v) is 11.0. The molecule has 6 rings (SSSR count). The Hall–Kier alpha value is -3.20. The number of aliphatic hydroxyl groups is 1. The number of Topliss-reactive ketones (excluding diaryl/α,β-unsaturated/α-hetero) is 2. The summed E-state index contributed by atoms with van der Waals surface area (Å²) in [6.07, 6.45) is 0.298. The van der Waals surface area contributed by atoms with Gasteiger partial charge in [0, 0.05) is 76.7 Å². The van der Waals surface area contributed by atoms with E-state index in [1.165, 1.54) is 18.7 Å². The van der Waals surface area contributed by atoms with E-state index >= 15 is 0 Å². The van der Waals surface area contributed by atoms with Crippen molar-refractivity contribution in [3.63, 3.8) is 0 Å². The van der Waals surface area contributed by atoms with Crippen molar-refractivity contribution in [2.75, 3.05) is 13.2 Å². The third-order valence-corrected chi connectivity index (χ3v) is 8.51. The highest BCUT2D eigenvalue weighted by atomic mass is 79.9. The summed E-state index contributed by atoms with van der Waals surface area (Å²) in [6, 6.07) is 10.7. The number of nitrogens with zero attached hydrogens (tertiary/aromatic N) is 1. The number of amides is 2. The molecule has 6 nitrogen and oxygen atoms in total. The zero-order chi connectivity index (χ0) is 26.3. The summed E-state index contributed by atoms with van der Waals surface area (Å²) < 4.78 is 1.36. The third kappa shape index (κ3) is 3.19. The van der Waals surface area contributed by atoms with Gasteiger partial charge in [-0.3, -0.25) is 24.1 Å². The van der Waals surface area contributed by atoms with Crippen LogP contribution >= 0.6 is 31.9 Å². The van der Waals surface area contributed by atoms with Crippen LogP contribution in [0.3, 0.4) is 0 Å². The fraction of sp³-hybridized carbons (Fsp3) is 0.172. The minimum Gasteiger partial charge on any atom is -0.396 e. The topological polar surface area (TPSA) is 91.8 Å². The van der Waals surface area contributed by atoms with Gasteiger partial charge in [-0.05, 0) is 49.2 Å². The molecule has 5 aromatic rings. The van der Waals surface area contributed by atoms with Gasteiger partial charge in [0.2, 0.25) is 0 Å². The Morgan fingerprint density at radius 3 is 1.92 bits per heavy atom. The molecule has 37 heavy (non-hydrogen) atoms. The molecule has 2 amide bonds. The second-order valence-electron chi connectivity index (χ2n) is 9.33. The van der Waals surface area contributed by atoms with Crippen LogP contribution in [-0.4, -0.2) is 46.5 Å². The van der Waals surface area contributed by atoms with E-state index in [1.54, 1.807) is 24.3 Å². The summed E-state index contributed by atoms with van der Waals surface area (Å²) in [7, 11) is 0. The van der Waals surface area contributed by atoms with Crippen LogP contribution in [-0.2, 0) is 0 Å². The van der Waals surface area contributed by atoms with Gasteiger partial charge >= 0.3 is 0 Å². The highest BCUT2D eigenvalue weighted by Gasteiger charge is 2.35. The maximum Gasteiger partial charge on any atom is 0.261 e. The fourth-order valence-corrected chi connectivity index (χ4v) is 7.02. The summed E-state index contributed by atoms with van der Waals surface area (Å²) >= 11 is 7.37. The summed E-state index contributed by atoms with van der Waals surface area (Å²) in [5, 5.41) is 15.2. The van der Waals surface area contributed by atoms with Gasteiger partial charge in [0.15, 0.2) is 11.6 Å². The summed E-state index contributed by atoms with van der Waals surface area (Å²) in [5.41, 5.74) is 1.76. The van der Waals surface area contributed by atoms with Crippen LogP contribution in [0.25, 0.3) is 43.1 Å². The number of carbonyl (C=O) groups excluding carboxylic acids is 4. The molecule has 0 saturated carbocycles. The van der Waals surface area contributed by atoms with Crippen LogP contribution in [0.15, 0.2) is 45.3 Å². The lowest BCUT2D eigenvalue weighted by molar-refractivity contribution is 0.0601. The van der Waals surface area contributed by atoms with Crippen LogP contribution in [0, 0.1) is 0 Å². The summed E-state index contributed by atoms with van der Waals surface area (Å²) in [4.78, 5) is 53.4. The molecular formula is C29H19Br2NO5. The van der Waals surface area contributed by atoms with E-state index in [0.717, 1.165) is 32.3 Å². The Labute approximate surface area is 227 Å². The van der Waals surface area contributed by atoms with Crippen molar-refractivity contribution in [2.45, 2.75) is 20.3 Å². The number of hydrogen-bond donors (Lipinski definition) is 1. The molecule has 0 atom stereocenters. The average molecular weight is 621 g/mol. The van der Waals surface area contributed by atoms with Crippen molar-refractivity contribution >= 4 is 98.3 Å². The van der Waals surface area contributed by atoms with E-state index in [-0.39, 0.29) is 30.6 Å². The molecule has 0 saturated heterocycles. The monoisotopic (exact) mass is 619 g/mol. The quantitative estimate of drug-likeness (QED) is 0.103. The maximum atomic E-state index is 13.5. The first-order valence-electron chi connectivity index (χ1n) is 11.8. The SMILES string of the molecule is CC(=O)c1ccc2c3c(Br)cc4c5c(ccc(c6c(Br)cc(C(C)=O)c1c26)c53)C(=O)N(CCCO)C4=O. The lowest BCUT2D eigenvalue weighted by Gasteiger charge is -2.29. The molecule has 1 heterocycles. The number of fused-ring (bicyclic) bond motifs is 2. The molecular weight excluding hydrogens is 602 g/mol. The number of ketones is 2. The highest BCUT2D eigenvalue weighted by Crippen LogP contribution is 2.49. The number of hydrogen-bond acceptors (Lipinski definition) is 5. The van der Waals surface area contributed by atoms with Gasteiger partial charge in [-0.25, -0.2) is 0 Å². The minimum absolute atomic E-state index is 0.125. The van der Waals surface area contributed by atoms with Crippen molar-refractivity contribution in [2.24, 2.45) is 0 Å². The number of halogens is 2. The van der Waals surface area contributed by atoms with Gasteiger partial charge in [-0.2, -0.15) is 0 Å². The van der Waals surface area contributed by atoms with Crippen LogP contribution in [0.4, 0.5) is 0 Å². The Morgan fingerprint density at radius 1 is 0.730 bits per heavy atom. The molecule has 0 aromatic heterocycles. The Morgan fingerprint density at radius 2 is 1.30 bits per heavy atom. The van der Waals surface area contributed by atoms with E-state index in [2.05, 4.69) is 31.9 Å². The smallest absolute Gasteiger partial charge is 0.261 e. The van der Waals surface area contributed by atoms with Crippen LogP contribution in [0.5, 0.6) is 0 Å². The van der Waals surface area contributed by atoms with Gasteiger partial charge in [0.05, 0.1) is 0 Å². The molecule has 1 aliphatic rings. The highest BCUT2D eigenvalue weighted by molar-refractivity contribution is 9.11. The number of benzene rings is 5. The van der Waals surface area contributed by atoms with E-state index < -0.39 is 5.91 Å². The van der Waals surface area contributed by atoms with Crippen molar-refractivity contribution < 1.29 is 24.3 Å². The molecule has 0 aliphatic carbocycles. The lowest BCUT2D eigenvalue weighted by Crippen LogP contribution is -2.41. The minimum atomic E-state index is -0.399. The maximum absolute atomic E-state index is 13.5. The predicted molar refractivity (Wildman–Crippen MR) is 150 cm³/mol. The zero-order valence-corrected chi connectivity index (χ0v) is 23.0. The molecule has 1 aliphatic heterocycles. The largest absolute Gasteiger partial charge is 0.396 e. The molecule has 0 unspecified atom stereocenters. The summed E-state index contributed by atoms with van der Waals surface area (Å²) in [5.74, 6) is -1.08. The van der Waals surface area contributed by atoms with Crippen LogP contribution in [0.1, 0.15) is 61.7 Å². The van der Waals surface area contributed by atoms with Crippen molar-refractivity contribution in [1.82, 2.24) is 4.90 Å². The zero-order valence-electron chi connectivity index (χ0n) is 19.9. The van der Waals surface area contributed by atoms with E-state index in [9.17, 15) is 24.3 Å². The number of aliphatic hydroxyl groups excluding tert-OH is 1. The van der Waals surface area contributed by atoms with Gasteiger partial charge < -0.3 is 5.11 Å². The molecule has 0 radical (unpaired) electrons. The Kier molecular flexibility index (Phi) is 5.49. The Balaban J connectivity index is 1.87. The Bertz CT molecular complexity index is 1890. The van der Waals surface area contributed by atoms with Crippen LogP contribution < -0.4 is 0 Å². The van der Waals surface area contributed by atoms with Crippen molar-refractivity contribution in [3.8, 4) is 0 Å². The number of imide groups is 1. The van der Waals surface area contributed by atoms with Gasteiger partial charge in [-0.1, -0.05) is 50.1 Å². The first-order chi connectivity index (χ1) is 17.7. The van der Waals surface area contributed by atoms with Gasteiger partial charge in [0.1, 0.15) is 0 Å². The third-order valence-electron chi connectivity index (χ3n) is 7.26. The molecule has 0 spiro atoms. The predicted octanol–water partition coefficient (Wildman–Crippen LogP) is 6.65. The molecule has 1 N–H and O–H groups in total. The molecule has 8 heteroatoms. The standard InChI is InChI=1S/C29H19Br2NO5/c1-12(34)14-4-5-15-25-21(31)11-19-23-17(28(36)32(29(19)37)8-3-9-33)7-6-16(27(23)25)24-20(30)10-18(13(2)35)22(14)26(15)24/h4-7,10-11,33H,3,8-9H2,1-2H3. The molecule has 0 bridgehead atoms. The van der Waals surface area contributed by atoms with Crippen molar-refractivity contribution in [3.05, 3.63) is 67.6 Å². The first-order valence-corrected chi connectivity index (χ1v) is 13.3. The average Bonchev–Trinajstić information content (AvgIpc) is 2.86. The van der Waals surface area contributed by atoms with Gasteiger partial charge in [-0.15, -0.1) is 0 Å². The molecule has 184 valence electrons. The molecule has 0 fully saturated rings. The second kappa shape index (κ2) is 8.41. The fourth-order valence-electron chi connectivity index (χ4n) is 5.74. The summed E-state index contributed by atoms with van der Waals surface area (Å²) in [6.45, 7) is 2.98. The number of rotatable bonds is 5. The van der Waals surface area contributed by atoms with Crippen molar-refractivity contribution in [1.29, 1.82) is 0 Å².